The van der Waals surface area contributed by atoms with Gasteiger partial charge in [0.25, 0.3) is 0 Å². The lowest BCUT2D eigenvalue weighted by atomic mass is 9.78. The molecule has 1 aromatic carbocycles. The average Bonchev–Trinajstić information content (AvgIpc) is 3.03. The zero-order valence-electron chi connectivity index (χ0n) is 32.6. The standard InChI is InChI=1S/C32H44N2O.C6H14O2.2C2H6/c1-10-21(3)30-25(24-14-12-15-24)16-13-17-26(30)31-28-18-22(4)27(23(5)35-11-2)19-34(28)29(20-33(31)9)32(6,7)8;1-3-4-8-6-5-7-2;2*1-2/h13,16-19,24,29H,4-5,10-12,14-15,20H2,1-3,6-9H3;3-6H2,1-2H3;2*1-2H3/b30-21?,31-26-;;;. The maximum Gasteiger partial charge on any atom is 0.121 e. The maximum atomic E-state index is 5.81. The van der Waals surface area contributed by atoms with Crippen LogP contribution in [0.4, 0.5) is 0 Å². The zero-order valence-corrected chi connectivity index (χ0v) is 32.6. The minimum atomic E-state index is 0.0914. The summed E-state index contributed by atoms with van der Waals surface area (Å²) in [6.07, 6.45) is 10.6. The van der Waals surface area contributed by atoms with Crippen LogP contribution in [0.5, 0.6) is 0 Å². The number of methoxy groups -OCH3 is 1. The van der Waals surface area contributed by atoms with Gasteiger partial charge < -0.3 is 24.0 Å². The predicted octanol–water partition coefficient (Wildman–Crippen LogP) is 9.30. The maximum absolute atomic E-state index is 5.81. The Bertz CT molecular complexity index is 1300. The Morgan fingerprint density at radius 1 is 1.00 bits per heavy atom. The van der Waals surface area contributed by atoms with Crippen LogP contribution in [0.15, 0.2) is 66.2 Å². The van der Waals surface area contributed by atoms with Crippen molar-refractivity contribution in [3.63, 3.8) is 0 Å². The fourth-order valence-corrected chi connectivity index (χ4v) is 6.10. The summed E-state index contributed by atoms with van der Waals surface area (Å²) in [5, 5.41) is 2.82. The lowest BCUT2D eigenvalue weighted by Gasteiger charge is -2.50. The van der Waals surface area contributed by atoms with E-state index in [1.165, 1.54) is 52.2 Å². The van der Waals surface area contributed by atoms with Crippen molar-refractivity contribution < 1.29 is 14.2 Å². The van der Waals surface area contributed by atoms with E-state index in [0.29, 0.717) is 30.9 Å². The second-order valence-corrected chi connectivity index (χ2v) is 13.1. The molecule has 47 heavy (non-hydrogen) atoms. The van der Waals surface area contributed by atoms with Crippen LogP contribution in [0, 0.1) is 5.41 Å². The SMILES string of the molecule is C=C1C=C2/C(=c3\cccc(C4CCC4)c3=C(C)CC)N(C)CC(C(C)(C)C)N2C=C1C(=C)OCC.CC.CC.CCCOCCOC. The summed E-state index contributed by atoms with van der Waals surface area (Å²) in [4.78, 5) is 4.96. The second kappa shape index (κ2) is 21.3. The van der Waals surface area contributed by atoms with Crippen molar-refractivity contribution in [2.24, 2.45) is 5.41 Å². The third-order valence-corrected chi connectivity index (χ3v) is 8.86. The van der Waals surface area contributed by atoms with Crippen LogP contribution >= 0.6 is 0 Å². The van der Waals surface area contributed by atoms with Gasteiger partial charge in [-0.05, 0) is 73.3 Å². The van der Waals surface area contributed by atoms with Crippen LogP contribution < -0.4 is 10.4 Å². The predicted molar refractivity (Wildman–Crippen MR) is 205 cm³/mol. The molecule has 0 radical (unpaired) electrons. The Labute approximate surface area is 289 Å². The quantitative estimate of drug-likeness (QED) is 0.186. The number of allylic oxidation sites excluding steroid dienone is 2. The number of piperazine rings is 1. The van der Waals surface area contributed by atoms with Crippen LogP contribution in [0.2, 0.25) is 0 Å². The number of benzene rings is 1. The molecule has 0 spiro atoms. The highest BCUT2D eigenvalue weighted by Gasteiger charge is 2.40. The number of nitrogens with zero attached hydrogens (tertiary/aromatic N) is 2. The number of rotatable bonds is 10. The van der Waals surface area contributed by atoms with E-state index in [-0.39, 0.29) is 5.41 Å². The molecule has 0 N–H and O–H groups in total. The van der Waals surface area contributed by atoms with E-state index in [4.69, 9.17) is 14.2 Å². The van der Waals surface area contributed by atoms with E-state index >= 15 is 0 Å². The number of likely N-dealkylation sites (N-methyl/N-ethyl adjacent to an activating group) is 1. The summed E-state index contributed by atoms with van der Waals surface area (Å²) >= 11 is 0. The van der Waals surface area contributed by atoms with Crippen molar-refractivity contribution in [3.8, 4) is 0 Å². The first kappa shape index (κ1) is 42.3. The second-order valence-electron chi connectivity index (χ2n) is 13.1. The molecule has 0 aromatic heterocycles. The molecule has 1 atom stereocenters. The number of fused-ring (bicyclic) bond motifs is 1. The molecule has 266 valence electrons. The zero-order chi connectivity index (χ0) is 35.7. The van der Waals surface area contributed by atoms with Crippen LogP contribution in [-0.4, -0.2) is 63.0 Å². The highest BCUT2D eigenvalue weighted by Crippen LogP contribution is 2.41. The monoisotopic (exact) mass is 651 g/mol. The summed E-state index contributed by atoms with van der Waals surface area (Å²) in [5.74, 6) is 1.39. The van der Waals surface area contributed by atoms with E-state index in [0.717, 1.165) is 43.7 Å². The Hall–Kier alpha value is -2.76. The molecule has 1 saturated carbocycles. The first-order valence-electron chi connectivity index (χ1n) is 18.3. The minimum Gasteiger partial charge on any atom is -0.494 e. The van der Waals surface area contributed by atoms with Crippen molar-refractivity contribution in [1.29, 1.82) is 0 Å². The molecule has 2 aliphatic heterocycles. The smallest absolute Gasteiger partial charge is 0.121 e. The van der Waals surface area contributed by atoms with Gasteiger partial charge in [0, 0.05) is 44.3 Å². The van der Waals surface area contributed by atoms with Crippen molar-refractivity contribution >= 4 is 11.3 Å². The van der Waals surface area contributed by atoms with Crippen LogP contribution in [-0.2, 0) is 14.2 Å². The molecule has 1 aliphatic carbocycles. The van der Waals surface area contributed by atoms with Gasteiger partial charge >= 0.3 is 0 Å². The van der Waals surface area contributed by atoms with E-state index in [1.54, 1.807) is 7.11 Å². The Morgan fingerprint density at radius 3 is 2.17 bits per heavy atom. The molecular formula is C42H70N2O3. The fraction of sp³-hybridized carbons (Fsp3) is 0.619. The van der Waals surface area contributed by atoms with Crippen molar-refractivity contribution in [2.45, 2.75) is 120 Å². The van der Waals surface area contributed by atoms with Crippen molar-refractivity contribution in [1.82, 2.24) is 9.80 Å². The van der Waals surface area contributed by atoms with Crippen LogP contribution in [0.1, 0.15) is 120 Å². The fourth-order valence-electron chi connectivity index (χ4n) is 6.10. The number of ether oxygens (including phenoxy) is 3. The van der Waals surface area contributed by atoms with E-state index in [1.807, 2.05) is 34.6 Å². The Balaban J connectivity index is 0.000000797. The highest BCUT2D eigenvalue weighted by molar-refractivity contribution is 5.70. The van der Waals surface area contributed by atoms with Gasteiger partial charge in [-0.1, -0.05) is 106 Å². The topological polar surface area (TPSA) is 34.2 Å². The van der Waals surface area contributed by atoms with Crippen molar-refractivity contribution in [2.75, 3.05) is 47.1 Å². The molecule has 5 nitrogen and oxygen atoms in total. The molecule has 2 heterocycles. The lowest BCUT2D eigenvalue weighted by Crippen LogP contribution is -2.55. The molecule has 5 heteroatoms. The van der Waals surface area contributed by atoms with E-state index in [2.05, 4.69) is 102 Å². The third kappa shape index (κ3) is 11.1. The molecule has 0 bridgehead atoms. The van der Waals surface area contributed by atoms with Crippen LogP contribution in [0.3, 0.4) is 0 Å². The third-order valence-electron chi connectivity index (χ3n) is 8.86. The molecular weight excluding hydrogens is 580 g/mol. The molecule has 1 saturated heterocycles. The van der Waals surface area contributed by atoms with Gasteiger partial charge in [0.15, 0.2) is 0 Å². The molecule has 0 amide bonds. The molecule has 1 unspecified atom stereocenters. The summed E-state index contributed by atoms with van der Waals surface area (Å²) < 4.78 is 15.7. The minimum absolute atomic E-state index is 0.0914. The largest absolute Gasteiger partial charge is 0.494 e. The normalized spacial score (nSPS) is 19.3. The lowest BCUT2D eigenvalue weighted by molar-refractivity contribution is 0.0710. The summed E-state index contributed by atoms with van der Waals surface area (Å²) in [5.41, 5.74) is 7.59. The summed E-state index contributed by atoms with van der Waals surface area (Å²) in [6, 6.07) is 7.29. The van der Waals surface area contributed by atoms with E-state index < -0.39 is 0 Å². The molecule has 2 fully saturated rings. The Morgan fingerprint density at radius 2 is 1.66 bits per heavy atom. The van der Waals surface area contributed by atoms with Gasteiger partial charge in [-0.25, -0.2) is 0 Å². The highest BCUT2D eigenvalue weighted by atomic mass is 16.5. The molecule has 4 rings (SSSR count). The van der Waals surface area contributed by atoms with Gasteiger partial charge in [0.05, 0.1) is 37.3 Å². The molecule has 1 aromatic rings. The first-order valence-corrected chi connectivity index (χ1v) is 18.3. The van der Waals surface area contributed by atoms with Crippen LogP contribution in [0.25, 0.3) is 11.3 Å². The van der Waals surface area contributed by atoms with Gasteiger partial charge in [0.2, 0.25) is 0 Å². The van der Waals surface area contributed by atoms with Gasteiger partial charge in [0.1, 0.15) is 5.76 Å². The molecule has 3 aliphatic rings. The Kier molecular flexibility index (Phi) is 19.1. The number of hydrogen-bond acceptors (Lipinski definition) is 5. The summed E-state index contributed by atoms with van der Waals surface area (Å²) in [6.45, 7) is 36.2. The number of hydrogen-bond donors (Lipinski definition) is 0. The summed E-state index contributed by atoms with van der Waals surface area (Å²) in [7, 11) is 3.93. The van der Waals surface area contributed by atoms with Gasteiger partial charge in [-0.2, -0.15) is 0 Å². The first-order chi connectivity index (χ1) is 22.5. The van der Waals surface area contributed by atoms with Crippen molar-refractivity contribution in [3.05, 3.63) is 82.2 Å². The van der Waals surface area contributed by atoms with Gasteiger partial charge in [-0.3, -0.25) is 0 Å². The average molecular weight is 651 g/mol. The van der Waals surface area contributed by atoms with Gasteiger partial charge in [-0.15, -0.1) is 0 Å². The van der Waals surface area contributed by atoms with E-state index in [9.17, 15) is 0 Å².